The van der Waals surface area contributed by atoms with E-state index in [0.717, 1.165) is 10.8 Å². The Morgan fingerprint density at radius 2 is 1.93 bits per heavy atom. The molecule has 0 aliphatic heterocycles. The van der Waals surface area contributed by atoms with E-state index in [1.54, 1.807) is 30.5 Å². The molecule has 0 saturated carbocycles. The number of hydrogen-bond acceptors (Lipinski definition) is 5. The van der Waals surface area contributed by atoms with Crippen molar-refractivity contribution in [3.63, 3.8) is 0 Å². The fourth-order valence-corrected chi connectivity index (χ4v) is 4.10. The largest absolute Gasteiger partial charge is 0.421 e. The van der Waals surface area contributed by atoms with Gasteiger partial charge in [-0.1, -0.05) is 42.4 Å². The Bertz CT molecular complexity index is 1320. The summed E-state index contributed by atoms with van der Waals surface area (Å²) in [7, 11) is 0. The maximum atomic E-state index is 12.9. The van der Waals surface area contributed by atoms with Crippen molar-refractivity contribution in [2.75, 3.05) is 5.73 Å². The van der Waals surface area contributed by atoms with E-state index in [-0.39, 0.29) is 17.0 Å². The zero-order chi connectivity index (χ0) is 21.4. The average Bonchev–Trinajstić information content (AvgIpc) is 3.12. The first kappa shape index (κ1) is 20.6. The summed E-state index contributed by atoms with van der Waals surface area (Å²) in [5.41, 5.74) is 7.10. The summed E-state index contributed by atoms with van der Waals surface area (Å²) in [5.74, 6) is -0.187. The van der Waals surface area contributed by atoms with E-state index < -0.39 is 5.97 Å². The van der Waals surface area contributed by atoms with E-state index in [1.807, 2.05) is 24.3 Å². The predicted molar refractivity (Wildman–Crippen MR) is 125 cm³/mol. The number of aromatic nitrogens is 3. The highest BCUT2D eigenvalue weighted by Crippen LogP contribution is 2.34. The third-order valence-corrected chi connectivity index (χ3v) is 5.90. The molecule has 6 nitrogen and oxygen atoms in total. The number of esters is 1. The third-order valence-electron chi connectivity index (χ3n) is 4.36. The van der Waals surface area contributed by atoms with Crippen molar-refractivity contribution in [2.45, 2.75) is 0 Å². The summed E-state index contributed by atoms with van der Waals surface area (Å²) in [6.45, 7) is 3.89. The number of carbonyl (C=O) groups is 1. The summed E-state index contributed by atoms with van der Waals surface area (Å²) < 4.78 is 8.12. The lowest BCUT2D eigenvalue weighted by atomic mass is 10.1. The van der Waals surface area contributed by atoms with Crippen molar-refractivity contribution in [3.8, 4) is 5.82 Å². The number of fused-ring (bicyclic) bond motifs is 1. The minimum Gasteiger partial charge on any atom is -0.421 e. The van der Waals surface area contributed by atoms with Crippen LogP contribution in [-0.2, 0) is 4.74 Å². The highest BCUT2D eigenvalue weighted by Gasteiger charge is 2.21. The van der Waals surface area contributed by atoms with E-state index >= 15 is 0 Å². The smallest absolute Gasteiger partial charge is 0.345 e. The molecular weight excluding hydrogens is 536 g/mol. The number of hydrogen-bond donors (Lipinski definition) is 1. The Labute approximate surface area is 193 Å². The van der Waals surface area contributed by atoms with E-state index in [1.165, 1.54) is 4.68 Å². The molecule has 0 radical (unpaired) electrons. The molecule has 9 heteroatoms. The number of ether oxygens (including phenoxy) is 1. The maximum absolute atomic E-state index is 12.9. The second-order valence-corrected chi connectivity index (χ2v) is 8.27. The Kier molecular flexibility index (Phi) is 5.64. The second kappa shape index (κ2) is 8.22. The second-order valence-electron chi connectivity index (χ2n) is 6.26. The van der Waals surface area contributed by atoms with Crippen LogP contribution in [0.3, 0.4) is 0 Å². The molecule has 0 aliphatic carbocycles. The van der Waals surface area contributed by atoms with Crippen molar-refractivity contribution >= 4 is 71.6 Å². The Hall–Kier alpha value is -2.68. The fraction of sp³-hybridized carbons (Fsp3) is 0. The summed E-state index contributed by atoms with van der Waals surface area (Å²) in [4.78, 5) is 17.1. The Morgan fingerprint density at radius 3 is 2.70 bits per heavy atom. The van der Waals surface area contributed by atoms with Crippen LogP contribution in [0, 0.1) is 0 Å². The molecule has 30 heavy (non-hydrogen) atoms. The van der Waals surface area contributed by atoms with Gasteiger partial charge < -0.3 is 10.5 Å². The Morgan fingerprint density at radius 1 is 1.17 bits per heavy atom. The number of pyridine rings is 1. The molecule has 2 aromatic heterocycles. The molecule has 4 rings (SSSR count). The first-order chi connectivity index (χ1) is 14.4. The van der Waals surface area contributed by atoms with Crippen LogP contribution < -0.4 is 5.73 Å². The third kappa shape index (κ3) is 3.74. The highest BCUT2D eigenvalue weighted by molar-refractivity contribution is 9.11. The van der Waals surface area contributed by atoms with Crippen LogP contribution >= 0.6 is 43.5 Å². The SMILES string of the molecule is C=C(OC(=O)c1cc2ccccc2c(Br)c1N)c1cc(Br)nn1-c1ncccc1Cl. The monoisotopic (exact) mass is 546 g/mol. The predicted octanol–water partition coefficient (Wildman–Crippen LogP) is 6.01. The molecule has 0 unspecified atom stereocenters. The topological polar surface area (TPSA) is 83.0 Å². The number of anilines is 1. The molecule has 0 aliphatic rings. The molecule has 4 aromatic rings. The van der Waals surface area contributed by atoms with E-state index in [0.29, 0.717) is 25.6 Å². The molecule has 0 amide bonds. The minimum atomic E-state index is -0.639. The van der Waals surface area contributed by atoms with Crippen LogP contribution in [0.25, 0.3) is 22.3 Å². The van der Waals surface area contributed by atoms with Gasteiger partial charge in [0.25, 0.3) is 0 Å². The molecule has 0 spiro atoms. The quantitative estimate of drug-likeness (QED) is 0.192. The molecule has 2 aromatic carbocycles. The molecule has 2 heterocycles. The number of nitrogen functional groups attached to an aromatic ring is 1. The van der Waals surface area contributed by atoms with Gasteiger partial charge >= 0.3 is 5.97 Å². The lowest BCUT2D eigenvalue weighted by molar-refractivity contribution is 0.0693. The standard InChI is InChI=1S/C21H13Br2ClN4O2/c1-11(16-10-17(22)27-28(16)20-15(24)7-4-8-26-20)30-21(29)14-9-12-5-2-3-6-13(12)18(23)19(14)25/h2-10H,1,25H2. The highest BCUT2D eigenvalue weighted by atomic mass is 79.9. The van der Waals surface area contributed by atoms with Crippen molar-refractivity contribution < 1.29 is 9.53 Å². The first-order valence-electron chi connectivity index (χ1n) is 8.61. The zero-order valence-corrected chi connectivity index (χ0v) is 19.2. The van der Waals surface area contributed by atoms with Gasteiger partial charge in [0.05, 0.1) is 16.3 Å². The first-order valence-corrected chi connectivity index (χ1v) is 10.6. The van der Waals surface area contributed by atoms with Crippen molar-refractivity contribution in [2.24, 2.45) is 0 Å². The minimum absolute atomic E-state index is 0.0728. The number of nitrogens with two attached hydrogens (primary N) is 1. The lowest BCUT2D eigenvalue weighted by Crippen LogP contribution is -2.11. The molecule has 0 saturated heterocycles. The number of benzene rings is 2. The molecule has 0 bridgehead atoms. The molecule has 0 atom stereocenters. The zero-order valence-electron chi connectivity index (χ0n) is 15.3. The summed E-state index contributed by atoms with van der Waals surface area (Å²) in [6.07, 6.45) is 1.59. The molecular formula is C21H13Br2ClN4O2. The van der Waals surface area contributed by atoms with Crippen molar-refractivity contribution in [1.82, 2.24) is 14.8 Å². The summed E-state index contributed by atoms with van der Waals surface area (Å²) >= 11 is 13.0. The van der Waals surface area contributed by atoms with Crippen LogP contribution in [0.15, 0.2) is 70.4 Å². The maximum Gasteiger partial charge on any atom is 0.345 e. The van der Waals surface area contributed by atoms with Gasteiger partial charge in [0.2, 0.25) is 0 Å². The van der Waals surface area contributed by atoms with Crippen molar-refractivity contribution in [3.05, 3.63) is 86.7 Å². The molecule has 2 N–H and O–H groups in total. The van der Waals surface area contributed by atoms with Gasteiger partial charge in [-0.05, 0) is 60.8 Å². The van der Waals surface area contributed by atoms with Gasteiger partial charge in [-0.2, -0.15) is 5.10 Å². The van der Waals surface area contributed by atoms with Gasteiger partial charge in [-0.15, -0.1) is 0 Å². The van der Waals surface area contributed by atoms with Gasteiger partial charge in [0.1, 0.15) is 16.1 Å². The van der Waals surface area contributed by atoms with Crippen LogP contribution in [0.2, 0.25) is 5.02 Å². The number of rotatable bonds is 4. The number of nitrogens with zero attached hydrogens (tertiary/aromatic N) is 3. The normalized spacial score (nSPS) is 10.9. The van der Waals surface area contributed by atoms with Gasteiger partial charge in [0, 0.05) is 16.7 Å². The van der Waals surface area contributed by atoms with Crippen LogP contribution in [-0.4, -0.2) is 20.7 Å². The van der Waals surface area contributed by atoms with Crippen LogP contribution in [0.4, 0.5) is 5.69 Å². The van der Waals surface area contributed by atoms with Crippen LogP contribution in [0.5, 0.6) is 0 Å². The van der Waals surface area contributed by atoms with Gasteiger partial charge in [-0.3, -0.25) is 0 Å². The molecule has 150 valence electrons. The van der Waals surface area contributed by atoms with E-state index in [4.69, 9.17) is 22.1 Å². The van der Waals surface area contributed by atoms with E-state index in [9.17, 15) is 4.79 Å². The summed E-state index contributed by atoms with van der Waals surface area (Å²) in [6, 6.07) is 14.3. The summed E-state index contributed by atoms with van der Waals surface area (Å²) in [5, 5.41) is 6.45. The number of carbonyl (C=O) groups excluding carboxylic acids is 1. The van der Waals surface area contributed by atoms with Gasteiger partial charge in [-0.25, -0.2) is 14.5 Å². The fourth-order valence-electron chi connectivity index (χ4n) is 2.95. The van der Waals surface area contributed by atoms with Crippen LogP contribution in [0.1, 0.15) is 16.1 Å². The van der Waals surface area contributed by atoms with E-state index in [2.05, 4.69) is 48.5 Å². The Balaban J connectivity index is 1.69. The van der Waals surface area contributed by atoms with Gasteiger partial charge in [0.15, 0.2) is 5.82 Å². The average molecular weight is 549 g/mol. The molecule has 0 fully saturated rings. The lowest BCUT2D eigenvalue weighted by Gasteiger charge is -2.13. The van der Waals surface area contributed by atoms with Crippen molar-refractivity contribution in [1.29, 1.82) is 0 Å². The number of halogens is 3.